The van der Waals surface area contributed by atoms with E-state index in [2.05, 4.69) is 10.3 Å². The monoisotopic (exact) mass is 287 g/mol. The lowest BCUT2D eigenvalue weighted by Crippen LogP contribution is -2.25. The van der Waals surface area contributed by atoms with E-state index in [0.29, 0.717) is 12.1 Å². The van der Waals surface area contributed by atoms with Gasteiger partial charge in [-0.3, -0.25) is 4.79 Å². The Bertz CT molecular complexity index is 662. The van der Waals surface area contributed by atoms with Crippen LogP contribution in [0.2, 0.25) is 0 Å². The van der Waals surface area contributed by atoms with Crippen molar-refractivity contribution in [3.8, 4) is 0 Å². The number of benzene rings is 1. The minimum Gasteiger partial charge on any atom is -0.478 e. The number of rotatable bonds is 5. The van der Waals surface area contributed by atoms with Crippen LogP contribution in [-0.4, -0.2) is 26.5 Å². The number of amides is 1. The lowest BCUT2D eigenvalue weighted by Gasteiger charge is -2.12. The predicted molar refractivity (Wildman–Crippen MR) is 77.2 cm³/mol. The van der Waals surface area contributed by atoms with E-state index >= 15 is 0 Å². The Balaban J connectivity index is 2.06. The number of hydrogen-bond donors (Lipinski definition) is 2. The molecule has 0 aliphatic rings. The first-order valence-electron chi connectivity index (χ1n) is 6.62. The summed E-state index contributed by atoms with van der Waals surface area (Å²) >= 11 is 0. The fourth-order valence-corrected chi connectivity index (χ4v) is 2.01. The summed E-state index contributed by atoms with van der Waals surface area (Å²) in [6.07, 6.45) is 3.55. The van der Waals surface area contributed by atoms with E-state index < -0.39 is 5.97 Å². The van der Waals surface area contributed by atoms with Gasteiger partial charge in [0, 0.05) is 24.0 Å². The molecule has 0 bridgehead atoms. The highest BCUT2D eigenvalue weighted by atomic mass is 16.4. The summed E-state index contributed by atoms with van der Waals surface area (Å²) in [6.45, 7) is 4.36. The molecule has 6 nitrogen and oxygen atoms in total. The molecule has 0 radical (unpaired) electrons. The Labute approximate surface area is 122 Å². The van der Waals surface area contributed by atoms with Crippen molar-refractivity contribution in [2.24, 2.45) is 0 Å². The van der Waals surface area contributed by atoms with Gasteiger partial charge in [-0.15, -0.1) is 0 Å². The zero-order chi connectivity index (χ0) is 15.4. The Hall–Kier alpha value is -2.63. The molecule has 0 unspecified atom stereocenters. The Morgan fingerprint density at radius 3 is 2.71 bits per heavy atom. The molecule has 0 spiro atoms. The molecule has 1 aromatic heterocycles. The van der Waals surface area contributed by atoms with Crippen LogP contribution in [0.5, 0.6) is 0 Å². The highest BCUT2D eigenvalue weighted by Crippen LogP contribution is 2.09. The van der Waals surface area contributed by atoms with Crippen LogP contribution < -0.4 is 5.32 Å². The van der Waals surface area contributed by atoms with E-state index in [-0.39, 0.29) is 17.5 Å². The summed E-state index contributed by atoms with van der Waals surface area (Å²) in [5, 5.41) is 11.7. The third-order valence-corrected chi connectivity index (χ3v) is 3.08. The van der Waals surface area contributed by atoms with Crippen molar-refractivity contribution >= 4 is 11.9 Å². The number of imidazole rings is 1. The zero-order valence-corrected chi connectivity index (χ0v) is 11.9. The molecular weight excluding hydrogens is 270 g/mol. The van der Waals surface area contributed by atoms with Gasteiger partial charge in [0.15, 0.2) is 0 Å². The fourth-order valence-electron chi connectivity index (χ4n) is 2.01. The molecule has 2 N–H and O–H groups in total. The van der Waals surface area contributed by atoms with Crippen molar-refractivity contribution in [2.45, 2.75) is 26.4 Å². The average molecular weight is 287 g/mol. The van der Waals surface area contributed by atoms with Crippen LogP contribution in [0, 0.1) is 0 Å². The molecular formula is C15H17N3O3. The van der Waals surface area contributed by atoms with Crippen molar-refractivity contribution in [1.82, 2.24) is 14.9 Å². The van der Waals surface area contributed by atoms with Crippen molar-refractivity contribution in [3.63, 3.8) is 0 Å². The van der Waals surface area contributed by atoms with E-state index in [0.717, 1.165) is 5.82 Å². The summed E-state index contributed by atoms with van der Waals surface area (Å²) < 4.78 is 1.97. The first-order valence-corrected chi connectivity index (χ1v) is 6.62. The maximum absolute atomic E-state index is 12.1. The molecule has 2 rings (SSSR count). The number of nitrogens with one attached hydrogen (secondary N) is 1. The molecule has 0 atom stereocenters. The number of hydrogen-bond acceptors (Lipinski definition) is 3. The lowest BCUT2D eigenvalue weighted by molar-refractivity contribution is 0.0697. The van der Waals surface area contributed by atoms with Crippen LogP contribution >= 0.6 is 0 Å². The topological polar surface area (TPSA) is 84.2 Å². The summed E-state index contributed by atoms with van der Waals surface area (Å²) in [6, 6.07) is 6.19. The number of nitrogens with zero attached hydrogens (tertiary/aromatic N) is 2. The molecule has 0 fully saturated rings. The summed E-state index contributed by atoms with van der Waals surface area (Å²) in [7, 11) is 0. The number of carboxylic acids is 1. The second kappa shape index (κ2) is 6.21. The maximum Gasteiger partial charge on any atom is 0.335 e. The molecule has 0 saturated carbocycles. The van der Waals surface area contributed by atoms with Crippen LogP contribution in [0.3, 0.4) is 0 Å². The van der Waals surface area contributed by atoms with Gasteiger partial charge in [0.2, 0.25) is 0 Å². The van der Waals surface area contributed by atoms with Gasteiger partial charge in [0.1, 0.15) is 5.82 Å². The zero-order valence-electron chi connectivity index (χ0n) is 11.9. The van der Waals surface area contributed by atoms with Crippen molar-refractivity contribution in [2.75, 3.05) is 0 Å². The molecule has 6 heteroatoms. The van der Waals surface area contributed by atoms with Gasteiger partial charge in [-0.05, 0) is 32.0 Å². The average Bonchev–Trinajstić information content (AvgIpc) is 2.93. The fraction of sp³-hybridized carbons (Fsp3) is 0.267. The second-order valence-corrected chi connectivity index (χ2v) is 4.91. The second-order valence-electron chi connectivity index (χ2n) is 4.91. The SMILES string of the molecule is CC(C)n1ccnc1CNC(=O)c1cccc(C(=O)O)c1. The first kappa shape index (κ1) is 14.8. The van der Waals surface area contributed by atoms with Crippen LogP contribution in [0.1, 0.15) is 46.4 Å². The van der Waals surface area contributed by atoms with Crippen molar-refractivity contribution < 1.29 is 14.7 Å². The van der Waals surface area contributed by atoms with Crippen LogP contribution in [0.15, 0.2) is 36.7 Å². The lowest BCUT2D eigenvalue weighted by atomic mass is 10.1. The van der Waals surface area contributed by atoms with Gasteiger partial charge in [-0.1, -0.05) is 6.07 Å². The Morgan fingerprint density at radius 2 is 2.05 bits per heavy atom. The Kier molecular flexibility index (Phi) is 4.37. The summed E-state index contributed by atoms with van der Waals surface area (Å²) in [4.78, 5) is 27.2. The van der Waals surface area contributed by atoms with Gasteiger partial charge in [0.25, 0.3) is 5.91 Å². The number of carboxylic acid groups (broad SMARTS) is 1. The summed E-state index contributed by atoms with van der Waals surface area (Å²) in [5.74, 6) is -0.621. The molecule has 0 saturated heterocycles. The van der Waals surface area contributed by atoms with Gasteiger partial charge < -0.3 is 15.0 Å². The van der Waals surface area contributed by atoms with E-state index in [1.54, 1.807) is 18.3 Å². The minimum absolute atomic E-state index is 0.0892. The van der Waals surface area contributed by atoms with Gasteiger partial charge in [-0.2, -0.15) is 0 Å². The quantitative estimate of drug-likeness (QED) is 0.882. The standard InChI is InChI=1S/C15H17N3O3/c1-10(2)18-7-6-16-13(18)9-17-14(19)11-4-3-5-12(8-11)15(20)21/h3-8,10H,9H2,1-2H3,(H,17,19)(H,20,21). The van der Waals surface area contributed by atoms with Gasteiger partial charge in [-0.25, -0.2) is 9.78 Å². The highest BCUT2D eigenvalue weighted by Gasteiger charge is 2.11. The van der Waals surface area contributed by atoms with Crippen LogP contribution in [-0.2, 0) is 6.54 Å². The normalized spacial score (nSPS) is 10.6. The number of aromatic nitrogens is 2. The smallest absolute Gasteiger partial charge is 0.335 e. The van der Waals surface area contributed by atoms with Gasteiger partial charge >= 0.3 is 5.97 Å². The summed E-state index contributed by atoms with van der Waals surface area (Å²) in [5.41, 5.74) is 0.406. The third-order valence-electron chi connectivity index (χ3n) is 3.08. The van der Waals surface area contributed by atoms with Gasteiger partial charge in [0.05, 0.1) is 12.1 Å². The first-order chi connectivity index (χ1) is 9.99. The Morgan fingerprint density at radius 1 is 1.33 bits per heavy atom. The maximum atomic E-state index is 12.1. The molecule has 1 heterocycles. The van der Waals surface area contributed by atoms with Crippen molar-refractivity contribution in [1.29, 1.82) is 0 Å². The molecule has 110 valence electrons. The van der Waals surface area contributed by atoms with Crippen LogP contribution in [0.25, 0.3) is 0 Å². The van der Waals surface area contributed by atoms with Crippen LogP contribution in [0.4, 0.5) is 0 Å². The number of carbonyl (C=O) groups is 2. The number of aromatic carboxylic acids is 1. The third kappa shape index (κ3) is 3.47. The minimum atomic E-state index is -1.06. The molecule has 0 aliphatic heterocycles. The van der Waals surface area contributed by atoms with Crippen molar-refractivity contribution in [3.05, 3.63) is 53.6 Å². The largest absolute Gasteiger partial charge is 0.478 e. The van der Waals surface area contributed by atoms with E-state index in [4.69, 9.17) is 5.11 Å². The molecule has 1 amide bonds. The van der Waals surface area contributed by atoms with E-state index in [9.17, 15) is 9.59 Å². The van der Waals surface area contributed by atoms with E-state index in [1.807, 2.05) is 24.6 Å². The molecule has 2 aromatic rings. The van der Waals surface area contributed by atoms with E-state index in [1.165, 1.54) is 12.1 Å². The molecule has 21 heavy (non-hydrogen) atoms. The molecule has 1 aromatic carbocycles. The molecule has 0 aliphatic carbocycles. The predicted octanol–water partition coefficient (Wildman–Crippen LogP) is 2.09. The number of carbonyl (C=O) groups excluding carboxylic acids is 1. The highest BCUT2D eigenvalue weighted by molar-refractivity contribution is 5.97.